The minimum atomic E-state index is -3.43. The predicted molar refractivity (Wildman–Crippen MR) is 86.1 cm³/mol. The summed E-state index contributed by atoms with van der Waals surface area (Å²) in [6.07, 6.45) is 0. The molecule has 0 aromatic heterocycles. The standard InChI is InChI=1S/C14H24N4O2S/c1-4-17-7-9-18(10-8-17)14-6-5-12(11-13(14)15)21(19,20)16(2)3/h5-6,11H,4,7-10,15H2,1-3H3. The summed E-state index contributed by atoms with van der Waals surface area (Å²) in [4.78, 5) is 4.84. The zero-order valence-electron chi connectivity index (χ0n) is 12.9. The van der Waals surface area contributed by atoms with E-state index in [1.165, 1.54) is 18.4 Å². The molecule has 7 heteroatoms. The van der Waals surface area contributed by atoms with Crippen LogP contribution in [0.4, 0.5) is 11.4 Å². The van der Waals surface area contributed by atoms with Crippen LogP contribution in [0.1, 0.15) is 6.92 Å². The Kier molecular flexibility index (Phi) is 4.75. The van der Waals surface area contributed by atoms with Gasteiger partial charge in [0.2, 0.25) is 10.0 Å². The molecule has 0 amide bonds. The van der Waals surface area contributed by atoms with Gasteiger partial charge in [-0.3, -0.25) is 0 Å². The summed E-state index contributed by atoms with van der Waals surface area (Å²) in [5.74, 6) is 0. The van der Waals surface area contributed by atoms with Crippen molar-refractivity contribution in [2.45, 2.75) is 11.8 Å². The summed E-state index contributed by atoms with van der Waals surface area (Å²) in [7, 11) is -0.398. The molecule has 0 saturated carbocycles. The fourth-order valence-electron chi connectivity index (χ4n) is 2.50. The first-order chi connectivity index (χ1) is 9.86. The Balaban J connectivity index is 2.21. The highest BCUT2D eigenvalue weighted by atomic mass is 32.2. The van der Waals surface area contributed by atoms with Crippen molar-refractivity contribution >= 4 is 21.4 Å². The first-order valence-corrected chi connectivity index (χ1v) is 8.59. The van der Waals surface area contributed by atoms with E-state index < -0.39 is 10.0 Å². The van der Waals surface area contributed by atoms with Gasteiger partial charge >= 0.3 is 0 Å². The van der Waals surface area contributed by atoms with Gasteiger partial charge in [-0.2, -0.15) is 0 Å². The van der Waals surface area contributed by atoms with Crippen LogP contribution in [0.25, 0.3) is 0 Å². The molecule has 1 aliphatic heterocycles. The van der Waals surface area contributed by atoms with E-state index in [-0.39, 0.29) is 4.90 Å². The maximum absolute atomic E-state index is 12.1. The lowest BCUT2D eigenvalue weighted by molar-refractivity contribution is 0.271. The van der Waals surface area contributed by atoms with Crippen molar-refractivity contribution < 1.29 is 8.42 Å². The van der Waals surface area contributed by atoms with E-state index >= 15 is 0 Å². The molecule has 1 fully saturated rings. The molecule has 0 bridgehead atoms. The second kappa shape index (κ2) is 6.21. The highest BCUT2D eigenvalue weighted by Crippen LogP contribution is 2.28. The van der Waals surface area contributed by atoms with Gasteiger partial charge in [-0.15, -0.1) is 0 Å². The summed E-state index contributed by atoms with van der Waals surface area (Å²) < 4.78 is 25.4. The van der Waals surface area contributed by atoms with E-state index in [0.717, 1.165) is 38.4 Å². The molecule has 2 rings (SSSR count). The average molecular weight is 312 g/mol. The van der Waals surface area contributed by atoms with E-state index in [2.05, 4.69) is 16.7 Å². The summed E-state index contributed by atoms with van der Waals surface area (Å²) in [5.41, 5.74) is 7.51. The number of piperazine rings is 1. The Labute approximate surface area is 127 Å². The van der Waals surface area contributed by atoms with E-state index in [1.807, 2.05) is 6.07 Å². The minimum Gasteiger partial charge on any atom is -0.397 e. The molecule has 0 radical (unpaired) electrons. The smallest absolute Gasteiger partial charge is 0.242 e. The number of nitrogens with two attached hydrogens (primary N) is 1. The van der Waals surface area contributed by atoms with Crippen LogP contribution in [0, 0.1) is 0 Å². The van der Waals surface area contributed by atoms with Gasteiger partial charge in [0, 0.05) is 40.3 Å². The van der Waals surface area contributed by atoms with Crippen molar-refractivity contribution in [1.29, 1.82) is 0 Å². The van der Waals surface area contributed by atoms with Crippen molar-refractivity contribution in [3.8, 4) is 0 Å². The normalized spacial score (nSPS) is 17.4. The van der Waals surface area contributed by atoms with Crippen molar-refractivity contribution in [2.24, 2.45) is 0 Å². The summed E-state index contributed by atoms with van der Waals surface area (Å²) in [5, 5.41) is 0. The lowest BCUT2D eigenvalue weighted by atomic mass is 10.2. The Morgan fingerprint density at radius 3 is 2.29 bits per heavy atom. The minimum absolute atomic E-state index is 0.237. The molecule has 1 aliphatic rings. The van der Waals surface area contributed by atoms with Crippen LogP contribution in [0.2, 0.25) is 0 Å². The van der Waals surface area contributed by atoms with Gasteiger partial charge in [-0.05, 0) is 24.7 Å². The third-order valence-electron chi connectivity index (χ3n) is 3.94. The number of nitrogens with zero attached hydrogens (tertiary/aromatic N) is 3. The maximum Gasteiger partial charge on any atom is 0.242 e. The van der Waals surface area contributed by atoms with Crippen LogP contribution in [0.5, 0.6) is 0 Å². The SMILES string of the molecule is CCN1CCN(c2ccc(S(=O)(=O)N(C)C)cc2N)CC1. The van der Waals surface area contributed by atoms with E-state index in [0.29, 0.717) is 5.69 Å². The summed E-state index contributed by atoms with van der Waals surface area (Å²) in [6, 6.07) is 5.00. The molecule has 0 unspecified atom stereocenters. The highest BCUT2D eigenvalue weighted by molar-refractivity contribution is 7.89. The molecule has 118 valence electrons. The van der Waals surface area contributed by atoms with Gasteiger partial charge in [-0.25, -0.2) is 12.7 Å². The summed E-state index contributed by atoms with van der Waals surface area (Å²) in [6.45, 7) is 7.06. The number of rotatable bonds is 4. The molecule has 1 aromatic carbocycles. The molecule has 2 N–H and O–H groups in total. The monoisotopic (exact) mass is 312 g/mol. The van der Waals surface area contributed by atoms with E-state index in [4.69, 9.17) is 5.73 Å². The quantitative estimate of drug-likeness (QED) is 0.827. The molecular formula is C14H24N4O2S. The van der Waals surface area contributed by atoms with Gasteiger partial charge in [0.05, 0.1) is 16.3 Å². The Morgan fingerprint density at radius 1 is 1.19 bits per heavy atom. The fraction of sp³-hybridized carbons (Fsp3) is 0.571. The van der Waals surface area contributed by atoms with Crippen LogP contribution < -0.4 is 10.6 Å². The van der Waals surface area contributed by atoms with Gasteiger partial charge in [0.15, 0.2) is 0 Å². The van der Waals surface area contributed by atoms with Gasteiger partial charge in [0.1, 0.15) is 0 Å². The number of hydrogen-bond acceptors (Lipinski definition) is 5. The number of hydrogen-bond donors (Lipinski definition) is 1. The molecule has 0 atom stereocenters. The first-order valence-electron chi connectivity index (χ1n) is 7.15. The summed E-state index contributed by atoms with van der Waals surface area (Å²) >= 11 is 0. The lowest BCUT2D eigenvalue weighted by Gasteiger charge is -2.36. The maximum atomic E-state index is 12.1. The van der Waals surface area contributed by atoms with Crippen LogP contribution in [-0.2, 0) is 10.0 Å². The van der Waals surface area contributed by atoms with Gasteiger partial charge in [-0.1, -0.05) is 6.92 Å². The van der Waals surface area contributed by atoms with Crippen LogP contribution in [0.3, 0.4) is 0 Å². The van der Waals surface area contributed by atoms with Gasteiger partial charge in [0.25, 0.3) is 0 Å². The Morgan fingerprint density at radius 2 is 1.81 bits per heavy atom. The molecule has 1 heterocycles. The molecule has 0 spiro atoms. The van der Waals surface area contributed by atoms with Crippen LogP contribution >= 0.6 is 0 Å². The molecule has 6 nitrogen and oxygen atoms in total. The lowest BCUT2D eigenvalue weighted by Crippen LogP contribution is -2.46. The predicted octanol–water partition coefficient (Wildman–Crippen LogP) is 0.661. The number of anilines is 2. The van der Waals surface area contributed by atoms with Crippen molar-refractivity contribution in [3.63, 3.8) is 0 Å². The third kappa shape index (κ3) is 3.30. The zero-order valence-corrected chi connectivity index (χ0v) is 13.7. The van der Waals surface area contributed by atoms with Crippen LogP contribution in [-0.4, -0.2) is 64.4 Å². The molecular weight excluding hydrogens is 288 g/mol. The Hall–Kier alpha value is -1.31. The first kappa shape index (κ1) is 16.1. The van der Waals surface area contributed by atoms with E-state index in [9.17, 15) is 8.42 Å². The second-order valence-electron chi connectivity index (χ2n) is 5.43. The second-order valence-corrected chi connectivity index (χ2v) is 7.58. The van der Waals surface area contributed by atoms with Gasteiger partial charge < -0.3 is 15.5 Å². The topological polar surface area (TPSA) is 69.9 Å². The van der Waals surface area contributed by atoms with Crippen LogP contribution in [0.15, 0.2) is 23.1 Å². The largest absolute Gasteiger partial charge is 0.397 e. The number of sulfonamides is 1. The Bertz CT molecular complexity index is 593. The zero-order chi connectivity index (χ0) is 15.6. The number of likely N-dealkylation sites (N-methyl/N-ethyl adjacent to an activating group) is 1. The van der Waals surface area contributed by atoms with Crippen molar-refractivity contribution in [3.05, 3.63) is 18.2 Å². The number of benzene rings is 1. The van der Waals surface area contributed by atoms with Crippen molar-refractivity contribution in [2.75, 3.05) is 57.5 Å². The molecule has 1 aromatic rings. The average Bonchev–Trinajstić information content (AvgIpc) is 2.47. The fourth-order valence-corrected chi connectivity index (χ4v) is 3.43. The molecule has 0 aliphatic carbocycles. The van der Waals surface area contributed by atoms with E-state index in [1.54, 1.807) is 12.1 Å². The number of nitrogen functional groups attached to an aromatic ring is 1. The molecule has 1 saturated heterocycles. The van der Waals surface area contributed by atoms with Crippen molar-refractivity contribution in [1.82, 2.24) is 9.21 Å². The highest BCUT2D eigenvalue weighted by Gasteiger charge is 2.21. The molecule has 21 heavy (non-hydrogen) atoms. The third-order valence-corrected chi connectivity index (χ3v) is 5.75.